The second-order valence-electron chi connectivity index (χ2n) is 6.59. The van der Waals surface area contributed by atoms with Gasteiger partial charge in [0, 0.05) is 18.0 Å². The summed E-state index contributed by atoms with van der Waals surface area (Å²) >= 11 is 0. The number of esters is 1. The molecular weight excluding hydrogens is 320 g/mol. The lowest BCUT2D eigenvalue weighted by Crippen LogP contribution is -2.36. The number of carbonyl (C=O) groups excluding carboxylic acids is 2. The van der Waals surface area contributed by atoms with Gasteiger partial charge in [0.1, 0.15) is 5.75 Å². The number of rotatable bonds is 5. The Morgan fingerprint density at radius 3 is 2.32 bits per heavy atom. The van der Waals surface area contributed by atoms with Crippen LogP contribution in [-0.4, -0.2) is 22.1 Å². The number of hydrogen-bond acceptors (Lipinski definition) is 5. The number of ether oxygens (including phenoxy) is 1. The third-order valence-corrected chi connectivity index (χ3v) is 3.41. The summed E-state index contributed by atoms with van der Waals surface area (Å²) in [7, 11) is 0. The van der Waals surface area contributed by atoms with E-state index in [1.54, 1.807) is 30.3 Å². The maximum Gasteiger partial charge on any atom is 0.308 e. The lowest BCUT2D eigenvalue weighted by atomic mass is 9.92. The molecule has 2 aromatic rings. The van der Waals surface area contributed by atoms with Crippen molar-refractivity contribution < 1.29 is 14.3 Å². The quantitative estimate of drug-likeness (QED) is 0.441. The van der Waals surface area contributed by atoms with Gasteiger partial charge in [-0.05, 0) is 35.9 Å². The molecular formula is C18H22N4O3. The first-order valence-electron chi connectivity index (χ1n) is 7.77. The maximum atomic E-state index is 12.1. The van der Waals surface area contributed by atoms with Gasteiger partial charge in [-0.2, -0.15) is 5.10 Å². The number of aromatic nitrogens is 2. The summed E-state index contributed by atoms with van der Waals surface area (Å²) in [5, 5.41) is 6.88. The topological polar surface area (TPSA) is 96.1 Å². The summed E-state index contributed by atoms with van der Waals surface area (Å²) in [5.41, 5.74) is 7.58. The van der Waals surface area contributed by atoms with Gasteiger partial charge in [-0.15, -0.1) is 0 Å². The van der Waals surface area contributed by atoms with Crippen molar-refractivity contribution in [1.29, 1.82) is 0 Å². The summed E-state index contributed by atoms with van der Waals surface area (Å²) in [5.74, 6) is -0.311. The summed E-state index contributed by atoms with van der Waals surface area (Å²) in [6.45, 7) is 11.3. The Bertz CT molecular complexity index is 785. The molecule has 1 aromatic heterocycles. The highest BCUT2D eigenvalue weighted by Crippen LogP contribution is 2.20. The fourth-order valence-corrected chi connectivity index (χ4v) is 1.98. The Morgan fingerprint density at radius 1 is 1.16 bits per heavy atom. The first kappa shape index (κ1) is 18.3. The molecule has 0 saturated carbocycles. The van der Waals surface area contributed by atoms with Crippen molar-refractivity contribution in [3.63, 3.8) is 0 Å². The third-order valence-electron chi connectivity index (χ3n) is 3.41. The van der Waals surface area contributed by atoms with Crippen LogP contribution in [0.4, 0.5) is 0 Å². The minimum atomic E-state index is -0.384. The standard InChI is InChI=1S/C18H22N4O3/c1-11(13-6-8-14(9-7-13)25-12(2)23)19-22-17(24)15-10-16(21-20-15)18(3,4)5/h6-10,19H,1H2,2-5H3,(H,20,21)(H,22,24). The van der Waals surface area contributed by atoms with Crippen LogP contribution >= 0.6 is 0 Å². The molecule has 1 aromatic carbocycles. The van der Waals surface area contributed by atoms with Crippen LogP contribution < -0.4 is 15.6 Å². The number of nitrogens with zero attached hydrogens (tertiary/aromatic N) is 1. The smallest absolute Gasteiger partial charge is 0.308 e. The molecule has 0 spiro atoms. The number of carbonyl (C=O) groups is 2. The second-order valence-corrected chi connectivity index (χ2v) is 6.59. The van der Waals surface area contributed by atoms with Crippen molar-refractivity contribution in [2.45, 2.75) is 33.1 Å². The van der Waals surface area contributed by atoms with Crippen molar-refractivity contribution in [2.75, 3.05) is 0 Å². The van der Waals surface area contributed by atoms with Crippen LogP contribution in [0.5, 0.6) is 5.75 Å². The van der Waals surface area contributed by atoms with Crippen molar-refractivity contribution >= 4 is 17.6 Å². The fraction of sp³-hybridized carbons (Fsp3) is 0.278. The van der Waals surface area contributed by atoms with Crippen molar-refractivity contribution in [3.8, 4) is 5.75 Å². The molecule has 3 N–H and O–H groups in total. The van der Waals surface area contributed by atoms with Crippen LogP contribution in [0.25, 0.3) is 5.70 Å². The van der Waals surface area contributed by atoms with Crippen LogP contribution in [0.3, 0.4) is 0 Å². The predicted molar refractivity (Wildman–Crippen MR) is 94.7 cm³/mol. The minimum Gasteiger partial charge on any atom is -0.427 e. The molecule has 25 heavy (non-hydrogen) atoms. The van der Waals surface area contributed by atoms with Crippen LogP contribution in [-0.2, 0) is 10.2 Å². The van der Waals surface area contributed by atoms with Gasteiger partial charge in [-0.25, -0.2) is 0 Å². The summed E-state index contributed by atoms with van der Waals surface area (Å²) < 4.78 is 4.96. The van der Waals surface area contributed by atoms with Crippen LogP contribution in [0.1, 0.15) is 49.4 Å². The normalized spacial score (nSPS) is 10.9. The summed E-state index contributed by atoms with van der Waals surface area (Å²) in [6, 6.07) is 8.47. The van der Waals surface area contributed by atoms with Gasteiger partial charge in [-0.1, -0.05) is 27.4 Å². The van der Waals surface area contributed by atoms with E-state index >= 15 is 0 Å². The molecule has 1 amide bonds. The first-order chi connectivity index (χ1) is 11.7. The van der Waals surface area contributed by atoms with E-state index in [4.69, 9.17) is 4.74 Å². The molecule has 0 saturated heterocycles. The molecule has 0 unspecified atom stereocenters. The van der Waals surface area contributed by atoms with Gasteiger partial charge in [-0.3, -0.25) is 25.5 Å². The van der Waals surface area contributed by atoms with Gasteiger partial charge >= 0.3 is 5.97 Å². The molecule has 0 atom stereocenters. The molecule has 0 aliphatic carbocycles. The van der Waals surface area contributed by atoms with E-state index in [1.165, 1.54) is 6.92 Å². The molecule has 0 fully saturated rings. The summed E-state index contributed by atoms with van der Waals surface area (Å²) in [4.78, 5) is 23.0. The predicted octanol–water partition coefficient (Wildman–Crippen LogP) is 2.54. The highest BCUT2D eigenvalue weighted by Gasteiger charge is 2.19. The molecule has 7 nitrogen and oxygen atoms in total. The minimum absolute atomic E-state index is 0.119. The number of hydrazine groups is 1. The van der Waals surface area contributed by atoms with E-state index in [2.05, 4.69) is 27.6 Å². The Labute approximate surface area is 146 Å². The van der Waals surface area contributed by atoms with E-state index in [0.29, 0.717) is 11.4 Å². The lowest BCUT2D eigenvalue weighted by molar-refractivity contribution is -0.131. The highest BCUT2D eigenvalue weighted by atomic mass is 16.5. The van der Waals surface area contributed by atoms with Crippen LogP contribution in [0.15, 0.2) is 36.9 Å². The maximum absolute atomic E-state index is 12.1. The third kappa shape index (κ3) is 4.94. The van der Waals surface area contributed by atoms with E-state index in [0.717, 1.165) is 11.3 Å². The Hall–Kier alpha value is -3.09. The molecule has 0 radical (unpaired) electrons. The SMILES string of the molecule is C=C(NNC(=O)c1cc(C(C)(C)C)[nH]n1)c1ccc(OC(C)=O)cc1. The Balaban J connectivity index is 1.94. The molecule has 0 aliphatic heterocycles. The zero-order valence-electron chi connectivity index (χ0n) is 14.8. The first-order valence-corrected chi connectivity index (χ1v) is 7.77. The van der Waals surface area contributed by atoms with Crippen molar-refractivity contribution in [3.05, 3.63) is 53.9 Å². The fourth-order valence-electron chi connectivity index (χ4n) is 1.98. The number of amides is 1. The van der Waals surface area contributed by atoms with Crippen molar-refractivity contribution in [2.24, 2.45) is 0 Å². The number of aromatic amines is 1. The highest BCUT2D eigenvalue weighted by molar-refractivity contribution is 5.92. The van der Waals surface area contributed by atoms with Gasteiger partial charge in [0.05, 0.1) is 5.70 Å². The van der Waals surface area contributed by atoms with Crippen LogP contribution in [0, 0.1) is 0 Å². The Kier molecular flexibility index (Phi) is 5.26. The average molecular weight is 342 g/mol. The zero-order chi connectivity index (χ0) is 18.6. The number of benzene rings is 1. The van der Waals surface area contributed by atoms with Gasteiger partial charge in [0.2, 0.25) is 0 Å². The monoisotopic (exact) mass is 342 g/mol. The van der Waals surface area contributed by atoms with Gasteiger partial charge in [0.15, 0.2) is 5.69 Å². The Morgan fingerprint density at radius 2 is 1.80 bits per heavy atom. The number of hydrogen-bond donors (Lipinski definition) is 3. The molecule has 7 heteroatoms. The van der Waals surface area contributed by atoms with E-state index in [1.807, 2.05) is 20.8 Å². The van der Waals surface area contributed by atoms with Gasteiger partial charge in [0.25, 0.3) is 5.91 Å². The largest absolute Gasteiger partial charge is 0.427 e. The summed E-state index contributed by atoms with van der Waals surface area (Å²) in [6.07, 6.45) is 0. The molecule has 0 aliphatic rings. The van der Waals surface area contributed by atoms with Gasteiger partial charge < -0.3 is 4.74 Å². The van der Waals surface area contributed by atoms with Crippen molar-refractivity contribution in [1.82, 2.24) is 21.0 Å². The van der Waals surface area contributed by atoms with E-state index < -0.39 is 0 Å². The number of nitrogens with one attached hydrogen (secondary N) is 3. The molecule has 1 heterocycles. The average Bonchev–Trinajstić information content (AvgIpc) is 3.02. The zero-order valence-corrected chi connectivity index (χ0v) is 14.8. The molecule has 2 rings (SSSR count). The molecule has 132 valence electrons. The second kappa shape index (κ2) is 7.21. The number of H-pyrrole nitrogens is 1. The molecule has 0 bridgehead atoms. The lowest BCUT2D eigenvalue weighted by Gasteiger charge is -2.14. The van der Waals surface area contributed by atoms with E-state index in [9.17, 15) is 9.59 Å². The van der Waals surface area contributed by atoms with E-state index in [-0.39, 0.29) is 23.0 Å². The van der Waals surface area contributed by atoms with Crippen LogP contribution in [0.2, 0.25) is 0 Å².